The number of nitrogens with zero attached hydrogens (tertiary/aromatic N) is 3. The van der Waals surface area contributed by atoms with Crippen LogP contribution in [0.1, 0.15) is 41.4 Å². The van der Waals surface area contributed by atoms with Crippen LogP contribution in [-0.2, 0) is 16.5 Å². The van der Waals surface area contributed by atoms with Gasteiger partial charge in [0.15, 0.2) is 5.54 Å². The van der Waals surface area contributed by atoms with E-state index in [-0.39, 0.29) is 33.9 Å². The van der Waals surface area contributed by atoms with Crippen molar-refractivity contribution in [1.82, 2.24) is 20.4 Å². The van der Waals surface area contributed by atoms with Crippen LogP contribution >= 0.6 is 11.6 Å². The van der Waals surface area contributed by atoms with Crippen molar-refractivity contribution in [1.29, 1.82) is 0 Å². The molecule has 11 heteroatoms. The lowest BCUT2D eigenvalue weighted by atomic mass is 9.83. The molecule has 0 spiro atoms. The average Bonchev–Trinajstić information content (AvgIpc) is 3.47. The lowest BCUT2D eigenvalue weighted by molar-refractivity contribution is -0.137. The molecule has 4 rings (SSSR count). The smallest absolute Gasteiger partial charge is 0.340 e. The summed E-state index contributed by atoms with van der Waals surface area (Å²) in [7, 11) is 0. The lowest BCUT2D eigenvalue weighted by Crippen LogP contribution is -2.50. The highest BCUT2D eigenvalue weighted by Crippen LogP contribution is 2.40. The Hall–Kier alpha value is -3.01. The maximum Gasteiger partial charge on any atom is 0.416 e. The summed E-state index contributed by atoms with van der Waals surface area (Å²) in [4.78, 5) is 21.2. The third kappa shape index (κ3) is 4.12. The van der Waals surface area contributed by atoms with Crippen LogP contribution in [0.4, 0.5) is 17.6 Å². The van der Waals surface area contributed by atoms with Gasteiger partial charge in [0.1, 0.15) is 5.82 Å². The van der Waals surface area contributed by atoms with Gasteiger partial charge in [-0.25, -0.2) is 4.39 Å². The van der Waals surface area contributed by atoms with Crippen LogP contribution < -0.4 is 5.32 Å². The average molecular weight is 455 g/mol. The van der Waals surface area contributed by atoms with E-state index in [1.807, 2.05) is 0 Å². The van der Waals surface area contributed by atoms with Gasteiger partial charge in [0.2, 0.25) is 17.6 Å². The molecular formula is C20H15ClF4N4O2. The first kappa shape index (κ1) is 21.2. The Labute approximate surface area is 178 Å². The van der Waals surface area contributed by atoms with E-state index in [9.17, 15) is 22.4 Å². The minimum absolute atomic E-state index is 0.0467. The summed E-state index contributed by atoms with van der Waals surface area (Å²) >= 11 is 5.93. The molecule has 31 heavy (non-hydrogen) atoms. The van der Waals surface area contributed by atoms with Gasteiger partial charge >= 0.3 is 6.18 Å². The van der Waals surface area contributed by atoms with Crippen molar-refractivity contribution in [3.63, 3.8) is 0 Å². The third-order valence-electron chi connectivity index (χ3n) is 4.89. The van der Waals surface area contributed by atoms with Crippen molar-refractivity contribution >= 4 is 17.5 Å². The van der Waals surface area contributed by atoms with E-state index in [0.717, 1.165) is 12.1 Å². The zero-order valence-corrected chi connectivity index (χ0v) is 16.8. The van der Waals surface area contributed by atoms with Gasteiger partial charge in [0.05, 0.1) is 16.3 Å². The number of carbonyl (C=O) groups excluding carboxylic acids is 1. The zero-order valence-electron chi connectivity index (χ0n) is 16.0. The second-order valence-corrected chi connectivity index (χ2v) is 7.67. The number of hydrogen-bond acceptors (Lipinski definition) is 5. The summed E-state index contributed by atoms with van der Waals surface area (Å²) in [5.74, 6) is -2.01. The molecule has 1 aliphatic rings. The van der Waals surface area contributed by atoms with Crippen molar-refractivity contribution < 1.29 is 26.9 Å². The van der Waals surface area contributed by atoms with Crippen molar-refractivity contribution in [3.8, 4) is 0 Å². The van der Waals surface area contributed by atoms with Gasteiger partial charge in [-0.3, -0.25) is 9.78 Å². The molecule has 1 atom stereocenters. The van der Waals surface area contributed by atoms with Crippen LogP contribution in [0.2, 0.25) is 5.02 Å². The predicted molar refractivity (Wildman–Crippen MR) is 100 cm³/mol. The van der Waals surface area contributed by atoms with E-state index < -0.39 is 29.0 Å². The second-order valence-electron chi connectivity index (χ2n) is 7.24. The largest absolute Gasteiger partial charge is 0.416 e. The highest BCUT2D eigenvalue weighted by molar-refractivity contribution is 6.30. The number of rotatable bonds is 5. The Balaban J connectivity index is 2.02. The Morgan fingerprint density at radius 2 is 1.90 bits per heavy atom. The van der Waals surface area contributed by atoms with Crippen LogP contribution in [0.25, 0.3) is 0 Å². The Morgan fingerprint density at radius 3 is 2.45 bits per heavy atom. The molecule has 0 bridgehead atoms. The molecule has 2 aromatic heterocycles. The van der Waals surface area contributed by atoms with E-state index in [1.54, 1.807) is 0 Å². The Bertz CT molecular complexity index is 1130. The van der Waals surface area contributed by atoms with Gasteiger partial charge < -0.3 is 9.84 Å². The van der Waals surface area contributed by atoms with Crippen molar-refractivity contribution in [2.75, 3.05) is 0 Å². The molecule has 0 aliphatic heterocycles. The number of aryl methyl sites for hydroxylation is 1. The van der Waals surface area contributed by atoms with Crippen LogP contribution in [0.5, 0.6) is 0 Å². The normalized spacial score (nSPS) is 16.1. The van der Waals surface area contributed by atoms with Gasteiger partial charge in [-0.1, -0.05) is 16.8 Å². The van der Waals surface area contributed by atoms with Crippen molar-refractivity contribution in [2.45, 2.75) is 31.5 Å². The minimum atomic E-state index is -4.83. The standard InChI is InChI=1S/C20H15ClF4N4O2/c1-10-27-18(29-31-10)19(28-17(30)11-2-3-11,16-5-4-14(21)9-26-16)12-6-13(20(23,24)25)8-15(22)7-12/h4-9,11H,2-3H2,1H3,(H,28,30)/t19-/m1/s1. The van der Waals surface area contributed by atoms with Crippen molar-refractivity contribution in [3.05, 3.63) is 75.9 Å². The number of aromatic nitrogens is 3. The number of hydrogen-bond donors (Lipinski definition) is 1. The molecule has 3 aromatic rings. The summed E-state index contributed by atoms with van der Waals surface area (Å²) in [5.41, 5.74) is -3.39. The summed E-state index contributed by atoms with van der Waals surface area (Å²) in [6.07, 6.45) is -2.33. The van der Waals surface area contributed by atoms with Gasteiger partial charge in [-0.05, 0) is 48.7 Å². The molecule has 0 unspecified atom stereocenters. The second kappa shape index (κ2) is 7.60. The Kier molecular flexibility index (Phi) is 5.20. The first-order chi connectivity index (χ1) is 14.6. The number of nitrogens with one attached hydrogen (secondary N) is 1. The molecule has 0 saturated heterocycles. The van der Waals surface area contributed by atoms with E-state index >= 15 is 0 Å². The van der Waals surface area contributed by atoms with E-state index in [0.29, 0.717) is 18.9 Å². The molecular weight excluding hydrogens is 440 g/mol. The van der Waals surface area contributed by atoms with E-state index in [1.165, 1.54) is 25.3 Å². The first-order valence-corrected chi connectivity index (χ1v) is 9.60. The van der Waals surface area contributed by atoms with Crippen LogP contribution in [-0.4, -0.2) is 21.0 Å². The number of alkyl halides is 3. The van der Waals surface area contributed by atoms with E-state index in [4.69, 9.17) is 16.1 Å². The minimum Gasteiger partial charge on any atom is -0.340 e. The molecule has 2 heterocycles. The molecule has 1 N–H and O–H groups in total. The highest BCUT2D eigenvalue weighted by atomic mass is 35.5. The highest BCUT2D eigenvalue weighted by Gasteiger charge is 2.47. The summed E-state index contributed by atoms with van der Waals surface area (Å²) < 4.78 is 59.8. The molecule has 0 radical (unpaired) electrons. The quantitative estimate of drug-likeness (QED) is 0.578. The number of benzene rings is 1. The van der Waals surface area contributed by atoms with Gasteiger partial charge in [0.25, 0.3) is 0 Å². The Morgan fingerprint density at radius 1 is 1.19 bits per heavy atom. The van der Waals surface area contributed by atoms with Crippen LogP contribution in [0.15, 0.2) is 41.1 Å². The van der Waals surface area contributed by atoms with Gasteiger partial charge in [0, 0.05) is 19.0 Å². The summed E-state index contributed by atoms with van der Waals surface area (Å²) in [6.45, 7) is 1.48. The molecule has 162 valence electrons. The molecule has 1 aromatic carbocycles. The molecule has 1 fully saturated rings. The number of carbonyl (C=O) groups is 1. The fourth-order valence-corrected chi connectivity index (χ4v) is 3.35. The fraction of sp³-hybridized carbons (Fsp3) is 0.300. The molecule has 6 nitrogen and oxygen atoms in total. The SMILES string of the molecule is Cc1nc([C@@](NC(=O)C2CC2)(c2cc(F)cc(C(F)(F)F)c2)c2ccc(Cl)cn2)no1. The zero-order chi connectivity index (χ0) is 22.4. The number of amides is 1. The monoisotopic (exact) mass is 454 g/mol. The predicted octanol–water partition coefficient (Wildman–Crippen LogP) is 4.40. The van der Waals surface area contributed by atoms with Crippen LogP contribution in [0.3, 0.4) is 0 Å². The van der Waals surface area contributed by atoms with Crippen LogP contribution in [0, 0.1) is 18.7 Å². The molecule has 1 aliphatic carbocycles. The summed E-state index contributed by atoms with van der Waals surface area (Å²) in [5, 5.41) is 6.81. The van der Waals surface area contributed by atoms with Gasteiger partial charge in [-0.15, -0.1) is 0 Å². The third-order valence-corrected chi connectivity index (χ3v) is 5.12. The first-order valence-electron chi connectivity index (χ1n) is 9.22. The summed E-state index contributed by atoms with van der Waals surface area (Å²) in [6, 6.07) is 4.83. The van der Waals surface area contributed by atoms with E-state index in [2.05, 4.69) is 20.4 Å². The number of halogens is 5. The van der Waals surface area contributed by atoms with Gasteiger partial charge in [-0.2, -0.15) is 18.2 Å². The molecule has 1 amide bonds. The fourth-order valence-electron chi connectivity index (χ4n) is 3.24. The maximum atomic E-state index is 14.4. The van der Waals surface area contributed by atoms with Crippen molar-refractivity contribution in [2.24, 2.45) is 5.92 Å². The topological polar surface area (TPSA) is 80.9 Å². The molecule has 1 saturated carbocycles. The number of pyridine rings is 1. The maximum absolute atomic E-state index is 14.4. The lowest BCUT2D eigenvalue weighted by Gasteiger charge is -2.32.